The van der Waals surface area contributed by atoms with Crippen molar-refractivity contribution >= 4 is 16.7 Å². The van der Waals surface area contributed by atoms with Crippen LogP contribution in [0.5, 0.6) is 0 Å². The molecule has 3 aromatic carbocycles. The predicted octanol–water partition coefficient (Wildman–Crippen LogP) is 6.02. The minimum atomic E-state index is -0.867. The molecule has 1 aliphatic rings. The van der Waals surface area contributed by atoms with Crippen LogP contribution in [0.2, 0.25) is 0 Å². The number of aliphatic hydroxyl groups is 1. The molecule has 0 saturated heterocycles. The first-order valence-electron chi connectivity index (χ1n) is 11.3. The number of carbonyl (C=O) groups excluding carboxylic acids is 1. The maximum Gasteiger partial charge on any atom is 0.251 e. The smallest absolute Gasteiger partial charge is 0.251 e. The van der Waals surface area contributed by atoms with Crippen LogP contribution in [0.15, 0.2) is 54.6 Å². The molecule has 1 aliphatic carbocycles. The Bertz CT molecular complexity index is 1140. The molecule has 31 heavy (non-hydrogen) atoms. The summed E-state index contributed by atoms with van der Waals surface area (Å²) in [7, 11) is 0. The Morgan fingerprint density at radius 2 is 1.55 bits per heavy atom. The lowest BCUT2D eigenvalue weighted by atomic mass is 9.63. The first-order valence-corrected chi connectivity index (χ1v) is 11.3. The molecule has 0 radical (unpaired) electrons. The molecule has 1 atom stereocenters. The molecule has 0 aromatic heterocycles. The van der Waals surface area contributed by atoms with E-state index >= 15 is 0 Å². The molecule has 4 rings (SSSR count). The van der Waals surface area contributed by atoms with Crippen LogP contribution in [0.25, 0.3) is 10.8 Å². The van der Waals surface area contributed by atoms with E-state index in [0.29, 0.717) is 17.7 Å². The molecule has 3 aromatic rings. The Labute approximate surface area is 185 Å². The Balaban J connectivity index is 1.85. The van der Waals surface area contributed by atoms with E-state index in [1.54, 1.807) is 0 Å². The van der Waals surface area contributed by atoms with Gasteiger partial charge in [-0.3, -0.25) is 4.79 Å². The lowest BCUT2D eigenvalue weighted by molar-refractivity contribution is 0.0951. The lowest BCUT2D eigenvalue weighted by Crippen LogP contribution is -2.34. The summed E-state index contributed by atoms with van der Waals surface area (Å²) in [6.45, 7) is 11.6. The van der Waals surface area contributed by atoms with Crippen LogP contribution in [-0.4, -0.2) is 17.6 Å². The first-order chi connectivity index (χ1) is 14.6. The third-order valence-corrected chi connectivity index (χ3v) is 6.99. The largest absolute Gasteiger partial charge is 0.384 e. The summed E-state index contributed by atoms with van der Waals surface area (Å²) in [4.78, 5) is 12.8. The molecule has 0 heterocycles. The topological polar surface area (TPSA) is 49.3 Å². The molecular weight excluding hydrogens is 382 g/mol. The minimum absolute atomic E-state index is 0.0619. The third-order valence-electron chi connectivity index (χ3n) is 6.99. The van der Waals surface area contributed by atoms with E-state index < -0.39 is 6.10 Å². The van der Waals surface area contributed by atoms with Gasteiger partial charge in [0.05, 0.1) is 0 Å². The van der Waals surface area contributed by atoms with Crippen molar-refractivity contribution in [1.29, 1.82) is 0 Å². The van der Waals surface area contributed by atoms with E-state index in [1.165, 1.54) is 11.1 Å². The average Bonchev–Trinajstić information content (AvgIpc) is 2.75. The average molecular weight is 416 g/mol. The highest BCUT2D eigenvalue weighted by atomic mass is 16.3. The molecule has 1 unspecified atom stereocenters. The summed E-state index contributed by atoms with van der Waals surface area (Å²) in [6.07, 6.45) is 1.40. The molecule has 2 N–H and O–H groups in total. The number of rotatable bonds is 4. The van der Waals surface area contributed by atoms with E-state index in [0.717, 1.165) is 29.2 Å². The van der Waals surface area contributed by atoms with E-state index in [2.05, 4.69) is 45.1 Å². The first kappa shape index (κ1) is 21.6. The number of fused-ring (bicyclic) bond motifs is 2. The SMILES string of the molecule is CCNC(=O)c1cc2ccccc2cc1C(O)c1ccc2c(c1)C(C)(C)CCC2(C)C. The van der Waals surface area contributed by atoms with Gasteiger partial charge in [0.2, 0.25) is 0 Å². The summed E-state index contributed by atoms with van der Waals surface area (Å²) >= 11 is 0. The zero-order valence-electron chi connectivity index (χ0n) is 19.3. The van der Waals surface area contributed by atoms with Gasteiger partial charge in [-0.2, -0.15) is 0 Å². The van der Waals surface area contributed by atoms with Gasteiger partial charge in [-0.15, -0.1) is 0 Å². The van der Waals surface area contributed by atoms with Crippen LogP contribution in [0.4, 0.5) is 0 Å². The Kier molecular flexibility index (Phi) is 5.43. The van der Waals surface area contributed by atoms with E-state index in [1.807, 2.05) is 49.4 Å². The second-order valence-electron chi connectivity index (χ2n) is 10.1. The Morgan fingerprint density at radius 1 is 0.935 bits per heavy atom. The normalized spacial score (nSPS) is 17.7. The highest BCUT2D eigenvalue weighted by molar-refractivity contribution is 6.00. The van der Waals surface area contributed by atoms with Gasteiger partial charge in [0.1, 0.15) is 6.10 Å². The van der Waals surface area contributed by atoms with E-state index in [-0.39, 0.29) is 16.7 Å². The second kappa shape index (κ2) is 7.80. The zero-order chi connectivity index (χ0) is 22.4. The third kappa shape index (κ3) is 3.87. The van der Waals surface area contributed by atoms with Gasteiger partial charge in [-0.1, -0.05) is 70.2 Å². The van der Waals surface area contributed by atoms with Crippen molar-refractivity contribution in [3.05, 3.63) is 82.4 Å². The maximum absolute atomic E-state index is 12.8. The van der Waals surface area contributed by atoms with Gasteiger partial charge in [-0.05, 0) is 75.8 Å². The Hall–Kier alpha value is -2.65. The van der Waals surface area contributed by atoms with Crippen LogP contribution in [0.3, 0.4) is 0 Å². The fraction of sp³-hybridized carbons (Fsp3) is 0.393. The number of benzene rings is 3. The van der Waals surface area contributed by atoms with Crippen LogP contribution in [0, 0.1) is 0 Å². The summed E-state index contributed by atoms with van der Waals surface area (Å²) in [5.41, 5.74) is 4.88. The van der Waals surface area contributed by atoms with Crippen molar-refractivity contribution < 1.29 is 9.90 Å². The van der Waals surface area contributed by atoms with Crippen molar-refractivity contribution in [3.63, 3.8) is 0 Å². The van der Waals surface area contributed by atoms with Gasteiger partial charge < -0.3 is 10.4 Å². The quantitative estimate of drug-likeness (QED) is 0.547. The number of hydrogen-bond acceptors (Lipinski definition) is 2. The fourth-order valence-corrected chi connectivity index (χ4v) is 4.89. The van der Waals surface area contributed by atoms with E-state index in [9.17, 15) is 9.90 Å². The molecule has 0 saturated carbocycles. The van der Waals surface area contributed by atoms with Crippen molar-refractivity contribution in [2.75, 3.05) is 6.54 Å². The molecule has 162 valence electrons. The van der Waals surface area contributed by atoms with Crippen molar-refractivity contribution in [2.24, 2.45) is 0 Å². The fourth-order valence-electron chi connectivity index (χ4n) is 4.89. The maximum atomic E-state index is 12.8. The predicted molar refractivity (Wildman–Crippen MR) is 128 cm³/mol. The molecule has 0 spiro atoms. The summed E-state index contributed by atoms with van der Waals surface area (Å²) in [6, 6.07) is 18.2. The lowest BCUT2D eigenvalue weighted by Gasteiger charge is -2.42. The van der Waals surface area contributed by atoms with Crippen molar-refractivity contribution in [2.45, 2.75) is 64.4 Å². The number of carbonyl (C=O) groups is 1. The van der Waals surface area contributed by atoms with Crippen LogP contribution >= 0.6 is 0 Å². The number of aliphatic hydroxyl groups excluding tert-OH is 1. The summed E-state index contributed by atoms with van der Waals surface area (Å²) in [5, 5.41) is 16.4. The van der Waals surface area contributed by atoms with Crippen LogP contribution in [0.1, 0.15) is 86.2 Å². The molecule has 3 nitrogen and oxygen atoms in total. The molecular formula is C28H33NO2. The van der Waals surface area contributed by atoms with Gasteiger partial charge in [-0.25, -0.2) is 0 Å². The second-order valence-corrected chi connectivity index (χ2v) is 10.1. The number of amides is 1. The summed E-state index contributed by atoms with van der Waals surface area (Å²) < 4.78 is 0. The van der Waals surface area contributed by atoms with Gasteiger partial charge >= 0.3 is 0 Å². The van der Waals surface area contributed by atoms with Crippen LogP contribution < -0.4 is 5.32 Å². The summed E-state index contributed by atoms with van der Waals surface area (Å²) in [5.74, 6) is -0.151. The highest BCUT2D eigenvalue weighted by Gasteiger charge is 2.37. The standard InChI is InChI=1S/C28H33NO2/c1-6-29-26(31)22-16-19-10-8-7-9-18(19)15-21(22)25(30)20-11-12-23-24(17-20)28(4,5)14-13-27(23,2)3/h7-12,15-17,25,30H,6,13-14H2,1-5H3,(H,29,31). The molecule has 0 bridgehead atoms. The van der Waals surface area contributed by atoms with E-state index in [4.69, 9.17) is 0 Å². The van der Waals surface area contributed by atoms with Crippen LogP contribution in [-0.2, 0) is 10.8 Å². The minimum Gasteiger partial charge on any atom is -0.384 e. The molecule has 1 amide bonds. The van der Waals surface area contributed by atoms with Gasteiger partial charge in [0.25, 0.3) is 5.91 Å². The number of hydrogen-bond donors (Lipinski definition) is 2. The highest BCUT2D eigenvalue weighted by Crippen LogP contribution is 2.46. The molecule has 3 heteroatoms. The van der Waals surface area contributed by atoms with Gasteiger partial charge in [0.15, 0.2) is 0 Å². The monoisotopic (exact) mass is 415 g/mol. The Morgan fingerprint density at radius 3 is 2.19 bits per heavy atom. The van der Waals surface area contributed by atoms with Crippen molar-refractivity contribution in [1.82, 2.24) is 5.32 Å². The molecule has 0 fully saturated rings. The van der Waals surface area contributed by atoms with Crippen molar-refractivity contribution in [3.8, 4) is 0 Å². The zero-order valence-corrected chi connectivity index (χ0v) is 19.3. The molecule has 0 aliphatic heterocycles. The number of nitrogens with one attached hydrogen (secondary N) is 1. The van der Waals surface area contributed by atoms with Gasteiger partial charge in [0, 0.05) is 12.1 Å².